The molecule has 0 amide bonds. The number of nitrogens with zero attached hydrogens (tertiary/aromatic N) is 1. The van der Waals surface area contributed by atoms with Gasteiger partial charge in [-0.05, 0) is 50.1 Å². The molecule has 0 radical (unpaired) electrons. The fraction of sp³-hybridized carbons (Fsp3) is 0.167. The number of benzene rings is 1. The molecule has 0 bridgehead atoms. The molecule has 1 aromatic heterocycles. The lowest BCUT2D eigenvalue weighted by Gasteiger charge is -2.18. The van der Waals surface area contributed by atoms with Crippen molar-refractivity contribution < 1.29 is 8.42 Å². The lowest BCUT2D eigenvalue weighted by Crippen LogP contribution is -2.26. The predicted molar refractivity (Wildman–Crippen MR) is 94.2 cm³/mol. The van der Waals surface area contributed by atoms with E-state index in [9.17, 15) is 8.42 Å². The SMILES string of the molecule is CN(Cc1cc(Br)cs1)S(=O)(=O)c1cc(Cl)cc(N)c1Br. The van der Waals surface area contributed by atoms with Crippen LogP contribution in [0.3, 0.4) is 0 Å². The Morgan fingerprint density at radius 2 is 2.00 bits per heavy atom. The second-order valence-corrected chi connectivity index (χ2v) is 9.45. The van der Waals surface area contributed by atoms with Crippen molar-refractivity contribution in [3.63, 3.8) is 0 Å². The van der Waals surface area contributed by atoms with Crippen LogP contribution in [0.25, 0.3) is 0 Å². The zero-order valence-corrected chi connectivity index (χ0v) is 16.4. The Morgan fingerprint density at radius 3 is 2.57 bits per heavy atom. The standard InChI is InChI=1S/C12H11Br2ClN2O2S2/c1-17(5-9-2-7(13)6-20-9)21(18,19)11-4-8(15)3-10(16)12(11)14/h2-4,6H,5,16H2,1H3. The molecule has 1 heterocycles. The van der Waals surface area contributed by atoms with Gasteiger partial charge in [0.05, 0.1) is 9.37 Å². The van der Waals surface area contributed by atoms with Crippen LogP contribution >= 0.6 is 54.8 Å². The Morgan fingerprint density at radius 1 is 1.33 bits per heavy atom. The third-order valence-electron chi connectivity index (χ3n) is 2.72. The van der Waals surface area contributed by atoms with Crippen LogP contribution in [0.4, 0.5) is 5.69 Å². The molecular formula is C12H11Br2ClN2O2S2. The van der Waals surface area contributed by atoms with Gasteiger partial charge in [0.1, 0.15) is 0 Å². The maximum Gasteiger partial charge on any atom is 0.244 e. The first-order chi connectivity index (χ1) is 9.71. The molecule has 0 aliphatic carbocycles. The maximum absolute atomic E-state index is 12.6. The summed E-state index contributed by atoms with van der Waals surface area (Å²) in [7, 11) is -2.17. The Hall–Kier alpha value is -0.120. The molecule has 0 atom stereocenters. The van der Waals surface area contributed by atoms with Gasteiger partial charge < -0.3 is 5.73 Å². The third-order valence-corrected chi connectivity index (χ3v) is 7.60. The number of hydrogen-bond donors (Lipinski definition) is 1. The molecule has 0 aliphatic rings. The summed E-state index contributed by atoms with van der Waals surface area (Å²) in [5.41, 5.74) is 6.04. The highest BCUT2D eigenvalue weighted by atomic mass is 79.9. The first-order valence-electron chi connectivity index (χ1n) is 5.65. The second-order valence-electron chi connectivity index (χ2n) is 4.30. The zero-order valence-electron chi connectivity index (χ0n) is 10.8. The van der Waals surface area contributed by atoms with Crippen LogP contribution in [-0.4, -0.2) is 19.8 Å². The Kier molecular flexibility index (Phi) is 5.38. The molecule has 0 aliphatic heterocycles. The number of nitrogens with two attached hydrogens (primary N) is 1. The number of sulfonamides is 1. The molecule has 1 aromatic carbocycles. The van der Waals surface area contributed by atoms with Crippen LogP contribution in [0.5, 0.6) is 0 Å². The van der Waals surface area contributed by atoms with Crippen LogP contribution in [-0.2, 0) is 16.6 Å². The number of hydrogen-bond acceptors (Lipinski definition) is 4. The molecule has 2 rings (SSSR count). The molecule has 114 valence electrons. The molecule has 0 saturated heterocycles. The summed E-state index contributed by atoms with van der Waals surface area (Å²) < 4.78 is 27.8. The van der Waals surface area contributed by atoms with Gasteiger partial charge in [0, 0.05) is 39.0 Å². The van der Waals surface area contributed by atoms with Crippen LogP contribution < -0.4 is 5.73 Å². The van der Waals surface area contributed by atoms with E-state index in [1.54, 1.807) is 0 Å². The number of thiophene rings is 1. The van der Waals surface area contributed by atoms with Crippen molar-refractivity contribution in [2.75, 3.05) is 12.8 Å². The molecular weight excluding hydrogens is 464 g/mol. The summed E-state index contributed by atoms with van der Waals surface area (Å²) in [6.45, 7) is 0.275. The van der Waals surface area contributed by atoms with Crippen LogP contribution in [0.15, 0.2) is 37.4 Å². The number of nitrogen functional groups attached to an aromatic ring is 1. The number of rotatable bonds is 4. The minimum atomic E-state index is -3.69. The minimum absolute atomic E-state index is 0.0608. The van der Waals surface area contributed by atoms with E-state index >= 15 is 0 Å². The van der Waals surface area contributed by atoms with Crippen molar-refractivity contribution in [3.05, 3.63) is 42.4 Å². The van der Waals surface area contributed by atoms with Gasteiger partial charge in [0.15, 0.2) is 0 Å². The highest BCUT2D eigenvalue weighted by molar-refractivity contribution is 9.11. The Bertz CT molecular complexity index is 778. The highest BCUT2D eigenvalue weighted by Gasteiger charge is 2.25. The summed E-state index contributed by atoms with van der Waals surface area (Å²) >= 11 is 14.0. The van der Waals surface area contributed by atoms with Crippen LogP contribution in [0, 0.1) is 0 Å². The molecule has 4 nitrogen and oxygen atoms in total. The van der Waals surface area contributed by atoms with E-state index in [0.717, 1.165) is 9.35 Å². The molecule has 0 saturated carbocycles. The van der Waals surface area contributed by atoms with E-state index < -0.39 is 10.0 Å². The smallest absolute Gasteiger partial charge is 0.244 e. The Labute approximate surface area is 149 Å². The monoisotopic (exact) mass is 472 g/mol. The maximum atomic E-state index is 12.6. The largest absolute Gasteiger partial charge is 0.398 e. The molecule has 9 heteroatoms. The zero-order chi connectivity index (χ0) is 15.8. The predicted octanol–water partition coefficient (Wildman–Crippen LogP) is 4.33. The van der Waals surface area contributed by atoms with Crippen molar-refractivity contribution in [1.29, 1.82) is 0 Å². The van der Waals surface area contributed by atoms with Crippen molar-refractivity contribution in [2.24, 2.45) is 0 Å². The topological polar surface area (TPSA) is 63.4 Å². The van der Waals surface area contributed by atoms with E-state index in [2.05, 4.69) is 31.9 Å². The fourth-order valence-corrected chi connectivity index (χ4v) is 5.67. The summed E-state index contributed by atoms with van der Waals surface area (Å²) in [6, 6.07) is 4.78. The van der Waals surface area contributed by atoms with Crippen molar-refractivity contribution >= 4 is 70.5 Å². The third kappa shape index (κ3) is 3.80. The average molecular weight is 475 g/mol. The quantitative estimate of drug-likeness (QED) is 0.671. The molecule has 0 unspecified atom stereocenters. The van der Waals surface area contributed by atoms with Crippen LogP contribution in [0.2, 0.25) is 5.02 Å². The minimum Gasteiger partial charge on any atom is -0.398 e. The van der Waals surface area contributed by atoms with Gasteiger partial charge in [-0.15, -0.1) is 11.3 Å². The van der Waals surface area contributed by atoms with Gasteiger partial charge in [-0.25, -0.2) is 8.42 Å². The van der Waals surface area contributed by atoms with Gasteiger partial charge >= 0.3 is 0 Å². The van der Waals surface area contributed by atoms with Gasteiger partial charge in [-0.3, -0.25) is 0 Å². The molecule has 2 N–H and O–H groups in total. The summed E-state index contributed by atoms with van der Waals surface area (Å²) in [4.78, 5) is 0.990. The number of anilines is 1. The fourth-order valence-electron chi connectivity index (χ4n) is 1.68. The van der Waals surface area contributed by atoms with Crippen molar-refractivity contribution in [3.8, 4) is 0 Å². The summed E-state index contributed by atoms with van der Waals surface area (Å²) in [5, 5.41) is 2.19. The van der Waals surface area contributed by atoms with E-state index in [-0.39, 0.29) is 22.2 Å². The van der Waals surface area contributed by atoms with Crippen molar-refractivity contribution in [1.82, 2.24) is 4.31 Å². The van der Waals surface area contributed by atoms with Crippen LogP contribution in [0.1, 0.15) is 4.88 Å². The molecule has 21 heavy (non-hydrogen) atoms. The molecule has 0 fully saturated rings. The molecule has 0 spiro atoms. The average Bonchev–Trinajstić information content (AvgIpc) is 2.79. The first kappa shape index (κ1) is 17.2. The van der Waals surface area contributed by atoms with Gasteiger partial charge in [-0.2, -0.15) is 4.31 Å². The summed E-state index contributed by atoms with van der Waals surface area (Å²) in [5.74, 6) is 0. The Balaban J connectivity index is 2.37. The van der Waals surface area contributed by atoms with E-state index in [1.807, 2.05) is 11.4 Å². The van der Waals surface area contributed by atoms with Gasteiger partial charge in [0.2, 0.25) is 10.0 Å². The molecule has 2 aromatic rings. The normalized spacial score (nSPS) is 12.0. The first-order valence-corrected chi connectivity index (χ1v) is 9.94. The van der Waals surface area contributed by atoms with E-state index in [0.29, 0.717) is 4.47 Å². The highest BCUT2D eigenvalue weighted by Crippen LogP contribution is 2.33. The van der Waals surface area contributed by atoms with Gasteiger partial charge in [0.25, 0.3) is 0 Å². The second kappa shape index (κ2) is 6.55. The van der Waals surface area contributed by atoms with E-state index in [1.165, 1.54) is 34.8 Å². The summed E-state index contributed by atoms with van der Waals surface area (Å²) in [6.07, 6.45) is 0. The van der Waals surface area contributed by atoms with E-state index in [4.69, 9.17) is 17.3 Å². The lowest BCUT2D eigenvalue weighted by molar-refractivity contribution is 0.469. The number of halogens is 3. The van der Waals surface area contributed by atoms with Gasteiger partial charge in [-0.1, -0.05) is 11.6 Å². The van der Waals surface area contributed by atoms with Crippen molar-refractivity contribution in [2.45, 2.75) is 11.4 Å². The lowest BCUT2D eigenvalue weighted by atomic mass is 10.3.